The predicted molar refractivity (Wildman–Crippen MR) is 112 cm³/mol. The zero-order chi connectivity index (χ0) is 19.9. The second kappa shape index (κ2) is 9.92. The molecule has 7 heteroatoms. The maximum atomic E-state index is 12.8. The van der Waals surface area contributed by atoms with Crippen LogP contribution in [0.1, 0.15) is 13.8 Å². The van der Waals surface area contributed by atoms with Crippen LogP contribution in [0.4, 0.5) is 0 Å². The third-order valence-electron chi connectivity index (χ3n) is 3.45. The molecule has 0 aliphatic rings. The molecule has 2 aromatic carbocycles. The van der Waals surface area contributed by atoms with Crippen molar-refractivity contribution in [3.8, 4) is 0 Å². The van der Waals surface area contributed by atoms with Crippen molar-refractivity contribution in [2.75, 3.05) is 0 Å². The molecule has 0 spiro atoms. The minimum absolute atomic E-state index is 0.0949. The number of hydrogen-bond donors (Lipinski definition) is 0. The van der Waals surface area contributed by atoms with E-state index in [9.17, 15) is 8.42 Å². The van der Waals surface area contributed by atoms with E-state index < -0.39 is 9.84 Å². The van der Waals surface area contributed by atoms with Gasteiger partial charge in [-0.05, 0) is 62.4 Å². The van der Waals surface area contributed by atoms with Gasteiger partial charge in [-0.15, -0.1) is 0 Å². The minimum Gasteiger partial charge on any atom is -0.488 e. The molecule has 0 N–H and O–H groups in total. The second-order valence-electron chi connectivity index (χ2n) is 5.42. The van der Waals surface area contributed by atoms with Gasteiger partial charge in [0.2, 0.25) is 9.84 Å². The Hall–Kier alpha value is -1.83. The molecular weight excluding hydrogens is 400 g/mol. The molecule has 144 valence electrons. The first-order chi connectivity index (χ1) is 12.9. The van der Waals surface area contributed by atoms with Crippen LogP contribution in [-0.4, -0.2) is 19.3 Å². The fraction of sp³-hybridized carbons (Fsp3) is 0.200. The smallest absolute Gasteiger partial charge is 0.206 e. The lowest BCUT2D eigenvalue weighted by molar-refractivity contribution is 0.240. The van der Waals surface area contributed by atoms with Crippen LogP contribution < -0.4 is 0 Å². The molecule has 0 saturated heterocycles. The molecule has 0 fully saturated rings. The Labute approximate surface area is 169 Å². The quantitative estimate of drug-likeness (QED) is 0.277. The summed E-state index contributed by atoms with van der Waals surface area (Å²) in [6.45, 7) is 10.9. The average Bonchev–Trinajstić information content (AvgIpc) is 2.63. The maximum absolute atomic E-state index is 12.8. The molecule has 0 amide bonds. The van der Waals surface area contributed by atoms with Crippen LogP contribution in [0, 0.1) is 0 Å². The van der Waals surface area contributed by atoms with Gasteiger partial charge in [-0.2, -0.15) is 0 Å². The first kappa shape index (κ1) is 21.5. The molecule has 2 aromatic rings. The molecule has 0 saturated carbocycles. The normalized spacial score (nSPS) is 13.4. The number of sulfone groups is 1. The highest BCUT2D eigenvalue weighted by Crippen LogP contribution is 2.29. The van der Waals surface area contributed by atoms with Gasteiger partial charge in [0.25, 0.3) is 0 Å². The van der Waals surface area contributed by atoms with Crippen molar-refractivity contribution in [2.45, 2.75) is 44.3 Å². The van der Waals surface area contributed by atoms with Crippen molar-refractivity contribution in [2.24, 2.45) is 0 Å². The second-order valence-corrected chi connectivity index (χ2v) is 10.1. The Morgan fingerprint density at radius 1 is 0.778 bits per heavy atom. The minimum atomic E-state index is -3.56. The van der Waals surface area contributed by atoms with Crippen LogP contribution in [0.25, 0.3) is 0 Å². The first-order valence-corrected chi connectivity index (χ1v) is 11.4. The van der Waals surface area contributed by atoms with Crippen molar-refractivity contribution in [3.63, 3.8) is 0 Å². The summed E-state index contributed by atoms with van der Waals surface area (Å²) in [6, 6.07) is 13.6. The summed E-state index contributed by atoms with van der Waals surface area (Å²) in [7, 11) is -3.56. The zero-order valence-corrected chi connectivity index (χ0v) is 17.6. The Kier molecular flexibility index (Phi) is 7.89. The van der Waals surface area contributed by atoms with Crippen LogP contribution in [0.5, 0.6) is 0 Å². The topological polar surface area (TPSA) is 52.6 Å². The number of hydrogen-bond acceptors (Lipinski definition) is 6. The highest BCUT2D eigenvalue weighted by molar-refractivity contribution is 8.00. The fourth-order valence-corrected chi connectivity index (χ4v) is 5.12. The highest BCUT2D eigenvalue weighted by atomic mass is 32.2. The summed E-state index contributed by atoms with van der Waals surface area (Å²) in [4.78, 5) is 2.36. The van der Waals surface area contributed by atoms with Crippen molar-refractivity contribution in [3.05, 3.63) is 74.2 Å². The predicted octanol–water partition coefficient (Wildman–Crippen LogP) is 5.72. The van der Waals surface area contributed by atoms with Gasteiger partial charge in [0.1, 0.15) is 10.9 Å². The molecule has 4 nitrogen and oxygen atoms in total. The van der Waals surface area contributed by atoms with Gasteiger partial charge in [0.15, 0.2) is 0 Å². The molecule has 2 unspecified atom stereocenters. The molecule has 0 heterocycles. The summed E-state index contributed by atoms with van der Waals surface area (Å²) in [5.74, 6) is 0. The first-order valence-electron chi connectivity index (χ1n) is 8.18. The van der Waals surface area contributed by atoms with E-state index in [2.05, 4.69) is 13.2 Å². The van der Waals surface area contributed by atoms with E-state index >= 15 is 0 Å². The van der Waals surface area contributed by atoms with E-state index in [4.69, 9.17) is 9.47 Å². The van der Waals surface area contributed by atoms with Crippen molar-refractivity contribution in [1.29, 1.82) is 0 Å². The van der Waals surface area contributed by atoms with Crippen LogP contribution >= 0.6 is 23.5 Å². The van der Waals surface area contributed by atoms with Gasteiger partial charge < -0.3 is 9.47 Å². The molecule has 27 heavy (non-hydrogen) atoms. The molecule has 0 aliphatic heterocycles. The van der Waals surface area contributed by atoms with Crippen LogP contribution in [-0.2, 0) is 19.3 Å². The standard InChI is InChI=1S/C20H22O4S3/c1-5-23-15(3)25-17-7-11-19(12-8-17)27(21,22)20-13-9-18(10-14-20)26-16(4)24-6-2/h5-16H,1-2H2,3-4H3. The Morgan fingerprint density at radius 2 is 1.11 bits per heavy atom. The average molecular weight is 423 g/mol. The van der Waals surface area contributed by atoms with Crippen LogP contribution in [0.2, 0.25) is 0 Å². The lowest BCUT2D eigenvalue weighted by atomic mass is 10.4. The third-order valence-corrected chi connectivity index (χ3v) is 7.21. The lowest BCUT2D eigenvalue weighted by Gasteiger charge is -2.12. The van der Waals surface area contributed by atoms with Crippen molar-refractivity contribution >= 4 is 33.4 Å². The molecule has 0 radical (unpaired) electrons. The monoisotopic (exact) mass is 422 g/mol. The van der Waals surface area contributed by atoms with Crippen LogP contribution in [0.15, 0.2) is 93.8 Å². The van der Waals surface area contributed by atoms with E-state index in [1.807, 2.05) is 13.8 Å². The number of benzene rings is 2. The summed E-state index contributed by atoms with van der Waals surface area (Å²) < 4.78 is 36.1. The maximum Gasteiger partial charge on any atom is 0.206 e. The van der Waals surface area contributed by atoms with Gasteiger partial charge in [0.05, 0.1) is 22.3 Å². The van der Waals surface area contributed by atoms with Gasteiger partial charge in [-0.1, -0.05) is 36.7 Å². The van der Waals surface area contributed by atoms with E-state index in [0.29, 0.717) is 0 Å². The van der Waals surface area contributed by atoms with Gasteiger partial charge in [0, 0.05) is 9.79 Å². The molecule has 2 atom stereocenters. The van der Waals surface area contributed by atoms with E-state index in [1.54, 1.807) is 48.5 Å². The fourth-order valence-electron chi connectivity index (χ4n) is 2.24. The van der Waals surface area contributed by atoms with Crippen molar-refractivity contribution in [1.82, 2.24) is 0 Å². The number of ether oxygens (including phenoxy) is 2. The van der Waals surface area contributed by atoms with E-state index in [1.165, 1.54) is 36.0 Å². The van der Waals surface area contributed by atoms with E-state index in [-0.39, 0.29) is 20.7 Å². The third kappa shape index (κ3) is 6.09. The SMILES string of the molecule is C=COC(C)Sc1ccc(S(=O)(=O)c2ccc(SC(C)OC=C)cc2)cc1. The Morgan fingerprint density at radius 3 is 1.41 bits per heavy atom. The summed E-state index contributed by atoms with van der Waals surface area (Å²) in [5.41, 5.74) is -0.190. The number of rotatable bonds is 10. The van der Waals surface area contributed by atoms with Gasteiger partial charge in [-0.25, -0.2) is 8.42 Å². The molecular formula is C20H22O4S3. The summed E-state index contributed by atoms with van der Waals surface area (Å²) in [6.07, 6.45) is 2.78. The van der Waals surface area contributed by atoms with E-state index in [0.717, 1.165) is 9.79 Å². The highest BCUT2D eigenvalue weighted by Gasteiger charge is 2.18. The molecule has 0 bridgehead atoms. The zero-order valence-electron chi connectivity index (χ0n) is 15.2. The van der Waals surface area contributed by atoms with Gasteiger partial charge in [-0.3, -0.25) is 0 Å². The van der Waals surface area contributed by atoms with Gasteiger partial charge >= 0.3 is 0 Å². The number of thioether (sulfide) groups is 2. The Bertz CT molecular complexity index is 792. The molecule has 0 aromatic heterocycles. The van der Waals surface area contributed by atoms with Crippen molar-refractivity contribution < 1.29 is 17.9 Å². The van der Waals surface area contributed by atoms with Crippen LogP contribution in [0.3, 0.4) is 0 Å². The largest absolute Gasteiger partial charge is 0.488 e. The lowest BCUT2D eigenvalue weighted by Crippen LogP contribution is -2.02. The summed E-state index contributed by atoms with van der Waals surface area (Å²) >= 11 is 2.97. The molecule has 2 rings (SSSR count). The molecule has 0 aliphatic carbocycles. The summed E-state index contributed by atoms with van der Waals surface area (Å²) in [5, 5.41) is 0. The Balaban J connectivity index is 2.13.